The van der Waals surface area contributed by atoms with Crippen LogP contribution in [0.3, 0.4) is 0 Å². The Kier molecular flexibility index (Phi) is 3.50. The fourth-order valence-corrected chi connectivity index (χ4v) is 5.05. The Balaban J connectivity index is 1.62. The zero-order valence-corrected chi connectivity index (χ0v) is 15.8. The van der Waals surface area contributed by atoms with Crippen LogP contribution in [0.4, 0.5) is 0 Å². The lowest BCUT2D eigenvalue weighted by Crippen LogP contribution is -2.33. The smallest absolute Gasteiger partial charge is 0.214 e. The fraction of sp³-hybridized carbons (Fsp3) is 0.167. The van der Waals surface area contributed by atoms with Gasteiger partial charge in [-0.2, -0.15) is 16.4 Å². The molecule has 2 aliphatic rings. The van der Waals surface area contributed by atoms with Crippen LogP contribution in [0.15, 0.2) is 62.1 Å². The highest BCUT2D eigenvalue weighted by atomic mass is 79.9. The van der Waals surface area contributed by atoms with Crippen molar-refractivity contribution < 1.29 is 4.74 Å². The minimum atomic E-state index is -0.160. The Labute approximate surface area is 156 Å². The molecular formula is C18H13BrN2OS2. The van der Waals surface area contributed by atoms with E-state index in [-0.39, 0.29) is 12.3 Å². The van der Waals surface area contributed by atoms with E-state index in [0.717, 1.165) is 27.9 Å². The number of ether oxygens (including phenoxy) is 1. The van der Waals surface area contributed by atoms with Crippen LogP contribution in [-0.4, -0.2) is 10.7 Å². The Morgan fingerprint density at radius 3 is 2.96 bits per heavy atom. The van der Waals surface area contributed by atoms with E-state index in [1.165, 1.54) is 10.4 Å². The van der Waals surface area contributed by atoms with E-state index in [1.54, 1.807) is 22.7 Å². The SMILES string of the molecule is Brc1ccc2c(c1)[C@@H]1CC(c3cccs3)=NN1[C@@H](c1ccsc1)O2. The Morgan fingerprint density at radius 2 is 2.17 bits per heavy atom. The first-order chi connectivity index (χ1) is 11.8. The van der Waals surface area contributed by atoms with Gasteiger partial charge in [0.05, 0.1) is 16.6 Å². The van der Waals surface area contributed by atoms with Crippen molar-refractivity contribution in [3.8, 4) is 5.75 Å². The van der Waals surface area contributed by atoms with Gasteiger partial charge < -0.3 is 4.74 Å². The summed E-state index contributed by atoms with van der Waals surface area (Å²) in [7, 11) is 0. The van der Waals surface area contributed by atoms with Gasteiger partial charge in [-0.1, -0.05) is 22.0 Å². The number of rotatable bonds is 2. The highest BCUT2D eigenvalue weighted by Gasteiger charge is 2.41. The van der Waals surface area contributed by atoms with E-state index in [0.29, 0.717) is 0 Å². The molecule has 0 bridgehead atoms. The summed E-state index contributed by atoms with van der Waals surface area (Å²) < 4.78 is 7.39. The molecule has 0 saturated carbocycles. The maximum absolute atomic E-state index is 6.32. The highest BCUT2D eigenvalue weighted by molar-refractivity contribution is 9.10. The minimum Gasteiger partial charge on any atom is -0.464 e. The molecule has 5 rings (SSSR count). The summed E-state index contributed by atoms with van der Waals surface area (Å²) in [5, 5.41) is 13.4. The van der Waals surface area contributed by atoms with Crippen LogP contribution >= 0.6 is 38.6 Å². The fourth-order valence-electron chi connectivity index (χ4n) is 3.29. The molecule has 24 heavy (non-hydrogen) atoms. The third-order valence-electron chi connectivity index (χ3n) is 4.39. The van der Waals surface area contributed by atoms with E-state index in [4.69, 9.17) is 9.84 Å². The first-order valence-electron chi connectivity index (χ1n) is 7.67. The quantitative estimate of drug-likeness (QED) is 0.525. The second-order valence-electron chi connectivity index (χ2n) is 5.83. The third kappa shape index (κ3) is 2.32. The Hall–Kier alpha value is -1.63. The van der Waals surface area contributed by atoms with Gasteiger partial charge in [0.1, 0.15) is 5.75 Å². The lowest BCUT2D eigenvalue weighted by Gasteiger charge is -2.37. The monoisotopic (exact) mass is 416 g/mol. The molecule has 0 saturated heterocycles. The minimum absolute atomic E-state index is 0.160. The maximum Gasteiger partial charge on any atom is 0.214 e. The van der Waals surface area contributed by atoms with Gasteiger partial charge in [-0.15, -0.1) is 11.3 Å². The number of thiophene rings is 2. The van der Waals surface area contributed by atoms with Crippen molar-refractivity contribution >= 4 is 44.3 Å². The number of hydrazone groups is 1. The summed E-state index contributed by atoms with van der Waals surface area (Å²) in [6, 6.07) is 12.8. The predicted octanol–water partition coefficient (Wildman–Crippen LogP) is 5.81. The van der Waals surface area contributed by atoms with E-state index in [1.807, 2.05) is 6.07 Å². The molecule has 1 aromatic carbocycles. The van der Waals surface area contributed by atoms with Crippen molar-refractivity contribution in [2.75, 3.05) is 0 Å². The number of halogens is 1. The largest absolute Gasteiger partial charge is 0.464 e. The predicted molar refractivity (Wildman–Crippen MR) is 102 cm³/mol. The summed E-state index contributed by atoms with van der Waals surface area (Å²) in [6.45, 7) is 0. The standard InChI is InChI=1S/C18H13BrN2OS2/c19-12-3-4-16-13(8-12)15-9-14(17-2-1-6-24-17)20-21(15)18(22-16)11-5-7-23-10-11/h1-8,10,15,18H,9H2/t15-,18+/m0/s1. The maximum atomic E-state index is 6.32. The number of fused-ring (bicyclic) bond motifs is 3. The van der Waals surface area contributed by atoms with Crippen LogP contribution in [0, 0.1) is 0 Å². The van der Waals surface area contributed by atoms with Crippen LogP contribution in [-0.2, 0) is 0 Å². The second-order valence-corrected chi connectivity index (χ2v) is 8.48. The molecule has 4 heterocycles. The molecular weight excluding hydrogens is 404 g/mol. The van der Waals surface area contributed by atoms with Crippen molar-refractivity contribution in [3.63, 3.8) is 0 Å². The number of nitrogens with zero attached hydrogens (tertiary/aromatic N) is 2. The van der Waals surface area contributed by atoms with Gasteiger partial charge in [0, 0.05) is 22.0 Å². The number of hydrogen-bond acceptors (Lipinski definition) is 5. The van der Waals surface area contributed by atoms with Crippen molar-refractivity contribution in [2.45, 2.75) is 18.7 Å². The molecule has 0 radical (unpaired) electrons. The first kappa shape index (κ1) is 14.7. The number of benzene rings is 1. The topological polar surface area (TPSA) is 24.8 Å². The van der Waals surface area contributed by atoms with E-state index >= 15 is 0 Å². The molecule has 0 unspecified atom stereocenters. The molecule has 3 nitrogen and oxygen atoms in total. The number of hydrogen-bond donors (Lipinski definition) is 0. The normalized spacial score (nSPS) is 21.9. The average Bonchev–Trinajstić information content (AvgIpc) is 3.33. The molecule has 0 spiro atoms. The molecule has 2 aromatic heterocycles. The van der Waals surface area contributed by atoms with Crippen LogP contribution in [0.1, 0.15) is 34.7 Å². The van der Waals surface area contributed by atoms with Gasteiger partial charge in [-0.25, -0.2) is 5.01 Å². The van der Waals surface area contributed by atoms with E-state index < -0.39 is 0 Å². The van der Waals surface area contributed by atoms with Gasteiger partial charge in [-0.05, 0) is 46.5 Å². The molecule has 3 aromatic rings. The molecule has 0 amide bonds. The van der Waals surface area contributed by atoms with Crippen LogP contribution in [0.2, 0.25) is 0 Å². The lowest BCUT2D eigenvalue weighted by molar-refractivity contribution is -0.0188. The molecule has 0 aliphatic carbocycles. The van der Waals surface area contributed by atoms with Crippen molar-refractivity contribution in [2.24, 2.45) is 5.10 Å². The van der Waals surface area contributed by atoms with Gasteiger partial charge in [0.2, 0.25) is 6.23 Å². The summed E-state index contributed by atoms with van der Waals surface area (Å²) in [5.74, 6) is 0.957. The average molecular weight is 417 g/mol. The molecule has 6 heteroatoms. The Bertz CT molecular complexity index is 905. The van der Waals surface area contributed by atoms with Crippen molar-refractivity contribution in [1.29, 1.82) is 0 Å². The van der Waals surface area contributed by atoms with Gasteiger partial charge >= 0.3 is 0 Å². The Morgan fingerprint density at radius 1 is 1.21 bits per heavy atom. The van der Waals surface area contributed by atoms with Crippen LogP contribution in [0.5, 0.6) is 5.75 Å². The zero-order chi connectivity index (χ0) is 16.1. The van der Waals surface area contributed by atoms with Gasteiger partial charge in [0.15, 0.2) is 0 Å². The molecule has 120 valence electrons. The van der Waals surface area contributed by atoms with Crippen LogP contribution in [0.25, 0.3) is 0 Å². The summed E-state index contributed by atoms with van der Waals surface area (Å²) in [4.78, 5) is 1.24. The first-order valence-corrected chi connectivity index (χ1v) is 10.3. The molecule has 2 atom stereocenters. The highest BCUT2D eigenvalue weighted by Crippen LogP contribution is 2.48. The van der Waals surface area contributed by atoms with Crippen molar-refractivity contribution in [3.05, 3.63) is 73.0 Å². The zero-order valence-electron chi connectivity index (χ0n) is 12.6. The summed E-state index contributed by atoms with van der Waals surface area (Å²) in [6.07, 6.45) is 0.751. The third-order valence-corrected chi connectivity index (χ3v) is 6.50. The van der Waals surface area contributed by atoms with Crippen molar-refractivity contribution in [1.82, 2.24) is 5.01 Å². The lowest BCUT2D eigenvalue weighted by atomic mass is 9.98. The summed E-state index contributed by atoms with van der Waals surface area (Å²) in [5.41, 5.74) is 3.51. The van der Waals surface area contributed by atoms with E-state index in [9.17, 15) is 0 Å². The van der Waals surface area contributed by atoms with Crippen LogP contribution < -0.4 is 4.74 Å². The van der Waals surface area contributed by atoms with Gasteiger partial charge in [-0.3, -0.25) is 0 Å². The molecule has 0 fully saturated rings. The molecule has 2 aliphatic heterocycles. The van der Waals surface area contributed by atoms with E-state index in [2.05, 4.69) is 67.4 Å². The molecule has 0 N–H and O–H groups in total. The summed E-state index contributed by atoms with van der Waals surface area (Å²) >= 11 is 7.02. The van der Waals surface area contributed by atoms with Gasteiger partial charge in [0.25, 0.3) is 0 Å². The second kappa shape index (κ2) is 5.72.